The third-order valence-corrected chi connectivity index (χ3v) is 6.21. The Labute approximate surface area is 166 Å². The molecule has 1 aliphatic rings. The first-order chi connectivity index (χ1) is 13.1. The van der Waals surface area contributed by atoms with E-state index in [1.54, 1.807) is 32.9 Å². The van der Waals surface area contributed by atoms with E-state index in [4.69, 9.17) is 9.47 Å². The number of carbonyl (C=O) groups excluding carboxylic acids is 2. The summed E-state index contributed by atoms with van der Waals surface area (Å²) in [6, 6.07) is 6.10. The van der Waals surface area contributed by atoms with Crippen LogP contribution in [0.1, 0.15) is 50.4 Å². The molecule has 1 heterocycles. The maximum Gasteiger partial charge on any atom is 0.407 e. The lowest BCUT2D eigenvalue weighted by Crippen LogP contribution is -2.33. The molecule has 28 heavy (non-hydrogen) atoms. The Morgan fingerprint density at radius 2 is 1.89 bits per heavy atom. The van der Waals surface area contributed by atoms with E-state index in [1.807, 2.05) is 0 Å². The zero-order valence-corrected chi connectivity index (χ0v) is 17.5. The summed E-state index contributed by atoms with van der Waals surface area (Å²) in [6.07, 6.45) is 0.929. The van der Waals surface area contributed by atoms with Crippen molar-refractivity contribution in [2.75, 3.05) is 25.5 Å². The van der Waals surface area contributed by atoms with Crippen molar-refractivity contribution in [1.82, 2.24) is 5.32 Å². The molecule has 0 saturated carbocycles. The second-order valence-electron chi connectivity index (χ2n) is 7.97. The molecule has 1 aliphatic heterocycles. The van der Waals surface area contributed by atoms with E-state index in [1.165, 1.54) is 12.1 Å². The first-order valence-electron chi connectivity index (χ1n) is 9.47. The van der Waals surface area contributed by atoms with Crippen LogP contribution in [0.2, 0.25) is 0 Å². The quantitative estimate of drug-likeness (QED) is 0.693. The number of hydrogen-bond acceptors (Lipinski definition) is 6. The summed E-state index contributed by atoms with van der Waals surface area (Å²) in [5.41, 5.74) is -0.291. The van der Waals surface area contributed by atoms with Crippen molar-refractivity contribution in [3.8, 4) is 0 Å². The summed E-state index contributed by atoms with van der Waals surface area (Å²) in [5, 5.41) is 2.53. The van der Waals surface area contributed by atoms with Crippen molar-refractivity contribution in [2.45, 2.75) is 50.5 Å². The van der Waals surface area contributed by atoms with Crippen molar-refractivity contribution >= 4 is 21.7 Å². The first-order valence-corrected chi connectivity index (χ1v) is 11.1. The van der Waals surface area contributed by atoms with Gasteiger partial charge in [0, 0.05) is 31.7 Å². The normalized spacial score (nSPS) is 15.8. The monoisotopic (exact) mass is 411 g/mol. The predicted octanol–water partition coefficient (Wildman–Crippen LogP) is 2.98. The molecule has 1 aromatic rings. The van der Waals surface area contributed by atoms with Crippen LogP contribution in [0, 0.1) is 5.92 Å². The second kappa shape index (κ2) is 9.52. The van der Waals surface area contributed by atoms with Gasteiger partial charge in [0.2, 0.25) is 0 Å². The van der Waals surface area contributed by atoms with Gasteiger partial charge in [0.05, 0.1) is 10.6 Å². The van der Waals surface area contributed by atoms with E-state index >= 15 is 0 Å². The van der Waals surface area contributed by atoms with Gasteiger partial charge in [-0.3, -0.25) is 4.79 Å². The number of carbonyl (C=O) groups is 2. The molecule has 0 radical (unpaired) electrons. The van der Waals surface area contributed by atoms with Crippen LogP contribution in [0.3, 0.4) is 0 Å². The van der Waals surface area contributed by atoms with Gasteiger partial charge in [0.25, 0.3) is 0 Å². The van der Waals surface area contributed by atoms with Crippen LogP contribution in [0.15, 0.2) is 29.2 Å². The number of alkyl carbamates (subject to hydrolysis) is 1. The molecule has 0 bridgehead atoms. The number of nitrogens with one attached hydrogen (secondary N) is 1. The van der Waals surface area contributed by atoms with Gasteiger partial charge in [-0.1, -0.05) is 12.1 Å². The summed E-state index contributed by atoms with van der Waals surface area (Å²) >= 11 is 0. The Bertz CT molecular complexity index is 791. The van der Waals surface area contributed by atoms with Crippen LogP contribution >= 0.6 is 0 Å². The van der Waals surface area contributed by atoms with Gasteiger partial charge in [-0.05, 0) is 51.7 Å². The third kappa shape index (κ3) is 7.24. The molecule has 0 aliphatic carbocycles. The molecule has 0 atom stereocenters. The topological polar surface area (TPSA) is 98.8 Å². The molecule has 8 heteroatoms. The van der Waals surface area contributed by atoms with Crippen LogP contribution in [0.5, 0.6) is 0 Å². The highest BCUT2D eigenvalue weighted by Crippen LogP contribution is 2.22. The van der Waals surface area contributed by atoms with Gasteiger partial charge in [-0.15, -0.1) is 0 Å². The number of rotatable bonds is 7. The Morgan fingerprint density at radius 1 is 1.21 bits per heavy atom. The molecule has 0 unspecified atom stereocenters. The van der Waals surface area contributed by atoms with E-state index in [-0.39, 0.29) is 35.3 Å². The smallest absolute Gasteiger partial charge is 0.407 e. The van der Waals surface area contributed by atoms with E-state index in [0.717, 1.165) is 12.8 Å². The van der Waals surface area contributed by atoms with Gasteiger partial charge in [-0.2, -0.15) is 0 Å². The van der Waals surface area contributed by atoms with Crippen LogP contribution < -0.4 is 5.32 Å². The maximum absolute atomic E-state index is 12.7. The number of amides is 1. The standard InChI is InChI=1S/C20H29NO6S/c1-20(2,3)27-19(23)21-10-7-18(22)16-5-4-6-17(13-16)28(24,25)14-15-8-11-26-12-9-15/h4-6,13,15H,7-12,14H2,1-3H3,(H,21,23). The van der Waals surface area contributed by atoms with Gasteiger partial charge in [-0.25, -0.2) is 13.2 Å². The molecule has 156 valence electrons. The van der Waals surface area contributed by atoms with Crippen molar-refractivity contribution in [3.05, 3.63) is 29.8 Å². The summed E-state index contributed by atoms with van der Waals surface area (Å²) < 4.78 is 35.8. The second-order valence-corrected chi connectivity index (χ2v) is 10.0. The minimum absolute atomic E-state index is 0.0582. The van der Waals surface area contributed by atoms with Gasteiger partial charge in [0.1, 0.15) is 5.60 Å². The summed E-state index contributed by atoms with van der Waals surface area (Å²) in [6.45, 7) is 6.55. The Balaban J connectivity index is 1.94. The summed E-state index contributed by atoms with van der Waals surface area (Å²) in [5.74, 6) is -0.0934. The maximum atomic E-state index is 12.7. The van der Waals surface area contributed by atoms with E-state index < -0.39 is 21.5 Å². The first kappa shape index (κ1) is 22.4. The molecular formula is C20H29NO6S. The zero-order valence-electron chi connectivity index (χ0n) is 16.7. The highest BCUT2D eigenvalue weighted by Gasteiger charge is 2.24. The highest BCUT2D eigenvalue weighted by molar-refractivity contribution is 7.91. The fraction of sp³-hybridized carbons (Fsp3) is 0.600. The molecule has 1 fully saturated rings. The average molecular weight is 412 g/mol. The molecule has 2 rings (SSSR count). The van der Waals surface area contributed by atoms with Gasteiger partial charge in [0.15, 0.2) is 15.6 Å². The SMILES string of the molecule is CC(C)(C)OC(=O)NCCC(=O)c1cccc(S(=O)(=O)CC2CCOCC2)c1. The van der Waals surface area contributed by atoms with E-state index in [0.29, 0.717) is 18.8 Å². The largest absolute Gasteiger partial charge is 0.444 e. The van der Waals surface area contributed by atoms with E-state index in [2.05, 4.69) is 5.32 Å². The number of sulfone groups is 1. The van der Waals surface area contributed by atoms with E-state index in [9.17, 15) is 18.0 Å². The lowest BCUT2D eigenvalue weighted by atomic mass is 10.0. The minimum Gasteiger partial charge on any atom is -0.444 e. The number of hydrogen-bond donors (Lipinski definition) is 1. The number of ketones is 1. The number of Topliss-reactive ketones (excluding diaryl/α,β-unsaturated/α-hetero) is 1. The highest BCUT2D eigenvalue weighted by atomic mass is 32.2. The molecule has 1 N–H and O–H groups in total. The number of benzene rings is 1. The molecule has 7 nitrogen and oxygen atoms in total. The van der Waals surface area contributed by atoms with Crippen molar-refractivity contribution in [3.63, 3.8) is 0 Å². The Morgan fingerprint density at radius 3 is 2.54 bits per heavy atom. The number of ether oxygens (including phenoxy) is 2. The fourth-order valence-corrected chi connectivity index (χ4v) is 4.66. The molecule has 1 saturated heterocycles. The lowest BCUT2D eigenvalue weighted by molar-refractivity contribution is 0.0527. The molecule has 0 spiro atoms. The van der Waals surface area contributed by atoms with Crippen LogP contribution in [0.4, 0.5) is 4.79 Å². The summed E-state index contributed by atoms with van der Waals surface area (Å²) in [7, 11) is -3.47. The Kier molecular flexibility index (Phi) is 7.60. The minimum atomic E-state index is -3.47. The predicted molar refractivity (Wildman–Crippen MR) is 105 cm³/mol. The summed E-state index contributed by atoms with van der Waals surface area (Å²) in [4.78, 5) is 24.2. The van der Waals surface area contributed by atoms with Gasteiger partial charge < -0.3 is 14.8 Å². The van der Waals surface area contributed by atoms with Crippen LogP contribution in [-0.4, -0.2) is 51.4 Å². The lowest BCUT2D eigenvalue weighted by Gasteiger charge is -2.21. The Hall–Kier alpha value is -1.93. The fourth-order valence-electron chi connectivity index (χ4n) is 2.92. The average Bonchev–Trinajstić information content (AvgIpc) is 2.60. The van der Waals surface area contributed by atoms with Crippen LogP contribution in [0.25, 0.3) is 0 Å². The molecule has 1 aromatic carbocycles. The molecule has 1 amide bonds. The van der Waals surface area contributed by atoms with Crippen LogP contribution in [-0.2, 0) is 19.3 Å². The van der Waals surface area contributed by atoms with Crippen molar-refractivity contribution in [2.24, 2.45) is 5.92 Å². The molecular weight excluding hydrogens is 382 g/mol. The molecule has 0 aromatic heterocycles. The van der Waals surface area contributed by atoms with Gasteiger partial charge >= 0.3 is 6.09 Å². The van der Waals surface area contributed by atoms with Crippen molar-refractivity contribution in [1.29, 1.82) is 0 Å². The zero-order chi connectivity index (χ0) is 20.8. The van der Waals surface area contributed by atoms with Crippen molar-refractivity contribution < 1.29 is 27.5 Å². The third-order valence-electron chi connectivity index (χ3n) is 4.33.